The fourth-order valence-electron chi connectivity index (χ4n) is 2.55. The maximum atomic E-state index is 12.4. The molecule has 2 amide bonds. The van der Waals surface area contributed by atoms with Crippen LogP contribution in [0.15, 0.2) is 24.3 Å². The van der Waals surface area contributed by atoms with E-state index in [1.165, 1.54) is 24.3 Å². The molecule has 1 aliphatic rings. The predicted octanol–water partition coefficient (Wildman–Crippen LogP) is 3.18. The summed E-state index contributed by atoms with van der Waals surface area (Å²) in [6.07, 6.45) is 0.946. The molecule has 0 aliphatic carbocycles. The van der Waals surface area contributed by atoms with Crippen molar-refractivity contribution in [2.45, 2.75) is 27.2 Å². The van der Waals surface area contributed by atoms with E-state index in [-0.39, 0.29) is 17.2 Å². The van der Waals surface area contributed by atoms with Crippen LogP contribution in [0, 0.1) is 11.3 Å². The summed E-state index contributed by atoms with van der Waals surface area (Å²) in [6.45, 7) is 7.83. The molecule has 1 heterocycles. The molecule has 6 nitrogen and oxygen atoms in total. The molecule has 23 heavy (non-hydrogen) atoms. The van der Waals surface area contributed by atoms with Gasteiger partial charge >= 0.3 is 16.5 Å². The highest BCUT2D eigenvalue weighted by molar-refractivity contribution is 7.81. The van der Waals surface area contributed by atoms with Gasteiger partial charge in [0.05, 0.1) is 0 Å². The number of amides is 2. The van der Waals surface area contributed by atoms with Gasteiger partial charge in [0.15, 0.2) is 0 Å². The number of urea groups is 1. The number of carbonyl (C=O) groups is 1. The van der Waals surface area contributed by atoms with E-state index in [1.807, 2.05) is 0 Å². The zero-order chi connectivity index (χ0) is 17.3. The third-order valence-electron chi connectivity index (χ3n) is 4.35. The maximum Gasteiger partial charge on any atom is 0.488 e. The number of nitrogens with zero attached hydrogens (tertiary/aromatic N) is 1. The van der Waals surface area contributed by atoms with Gasteiger partial charge in [-0.1, -0.05) is 24.7 Å². The first-order chi connectivity index (χ1) is 10.6. The second kappa shape index (κ2) is 6.35. The van der Waals surface area contributed by atoms with Crippen LogP contribution in [0.2, 0.25) is 0 Å². The van der Waals surface area contributed by atoms with Gasteiger partial charge in [0, 0.05) is 18.8 Å². The number of piperidine rings is 1. The smallest absolute Gasteiger partial charge is 0.358 e. The Hall–Kier alpha value is -1.83. The quantitative estimate of drug-likeness (QED) is 0.855. The van der Waals surface area contributed by atoms with Crippen LogP contribution in [0.25, 0.3) is 0 Å². The van der Waals surface area contributed by atoms with Crippen LogP contribution < -0.4 is 9.50 Å². The molecule has 1 fully saturated rings. The highest BCUT2D eigenvalue weighted by Gasteiger charge is 2.34. The molecule has 0 aromatic heterocycles. The Bertz CT molecular complexity index is 673. The van der Waals surface area contributed by atoms with Gasteiger partial charge in [-0.2, -0.15) is 8.42 Å². The van der Waals surface area contributed by atoms with Crippen molar-refractivity contribution in [2.75, 3.05) is 18.4 Å². The zero-order valence-electron chi connectivity index (χ0n) is 13.4. The Kier molecular flexibility index (Phi) is 4.84. The standard InChI is InChI=1S/C15H21FN2O4S/c1-11-8-9-18(10-15(11,2)3)14(19)17-12-4-6-13(7-5-12)22-23(16,20)21/h4-7,11H,8-10H2,1-3H3,(H,17,19). The third kappa shape index (κ3) is 4.82. The van der Waals surface area contributed by atoms with Crippen LogP contribution in [0.4, 0.5) is 14.4 Å². The topological polar surface area (TPSA) is 75.7 Å². The van der Waals surface area contributed by atoms with Gasteiger partial charge < -0.3 is 14.4 Å². The number of halogens is 1. The lowest BCUT2D eigenvalue weighted by atomic mass is 9.75. The van der Waals surface area contributed by atoms with Gasteiger partial charge in [0.1, 0.15) is 5.75 Å². The van der Waals surface area contributed by atoms with Crippen molar-refractivity contribution in [1.82, 2.24) is 4.90 Å². The van der Waals surface area contributed by atoms with E-state index in [0.717, 1.165) is 6.42 Å². The third-order valence-corrected chi connectivity index (χ3v) is 4.74. The molecule has 2 rings (SSSR count). The van der Waals surface area contributed by atoms with Crippen molar-refractivity contribution in [2.24, 2.45) is 11.3 Å². The lowest BCUT2D eigenvalue weighted by Gasteiger charge is -2.42. The summed E-state index contributed by atoms with van der Waals surface area (Å²) in [7, 11) is -5.04. The van der Waals surface area contributed by atoms with Crippen molar-refractivity contribution >= 4 is 22.2 Å². The van der Waals surface area contributed by atoms with E-state index < -0.39 is 10.5 Å². The minimum Gasteiger partial charge on any atom is -0.358 e. The van der Waals surface area contributed by atoms with Crippen molar-refractivity contribution in [3.63, 3.8) is 0 Å². The number of benzene rings is 1. The van der Waals surface area contributed by atoms with Crippen LogP contribution in [-0.4, -0.2) is 32.4 Å². The molecule has 1 aliphatic heterocycles. The molecule has 128 valence electrons. The Morgan fingerprint density at radius 3 is 2.48 bits per heavy atom. The Balaban J connectivity index is 1.98. The number of hydrogen-bond donors (Lipinski definition) is 1. The SMILES string of the molecule is CC1CCN(C(=O)Nc2ccc(OS(=O)(=O)F)cc2)CC1(C)C. The highest BCUT2D eigenvalue weighted by atomic mass is 32.3. The molecule has 1 aromatic carbocycles. The van der Waals surface area contributed by atoms with Gasteiger partial charge in [-0.3, -0.25) is 0 Å². The zero-order valence-corrected chi connectivity index (χ0v) is 14.2. The largest absolute Gasteiger partial charge is 0.488 e. The van der Waals surface area contributed by atoms with Crippen LogP contribution in [0.5, 0.6) is 5.75 Å². The Labute approximate surface area is 136 Å². The molecular weight excluding hydrogens is 323 g/mol. The summed E-state index contributed by atoms with van der Waals surface area (Å²) in [5.74, 6) is 0.393. The molecule has 0 radical (unpaired) electrons. The van der Waals surface area contributed by atoms with Crippen LogP contribution >= 0.6 is 0 Å². The monoisotopic (exact) mass is 344 g/mol. The minimum atomic E-state index is -5.04. The Morgan fingerprint density at radius 2 is 1.96 bits per heavy atom. The van der Waals surface area contributed by atoms with Crippen molar-refractivity contribution in [1.29, 1.82) is 0 Å². The van der Waals surface area contributed by atoms with E-state index in [4.69, 9.17) is 0 Å². The molecule has 1 N–H and O–H groups in total. The van der Waals surface area contributed by atoms with Gasteiger partial charge in [-0.15, -0.1) is 0 Å². The molecule has 0 spiro atoms. The first kappa shape index (κ1) is 17.5. The normalized spacial score (nSPS) is 20.9. The molecule has 1 saturated heterocycles. The first-order valence-electron chi connectivity index (χ1n) is 7.37. The fraction of sp³-hybridized carbons (Fsp3) is 0.533. The number of anilines is 1. The van der Waals surface area contributed by atoms with Gasteiger partial charge in [-0.25, -0.2) is 4.79 Å². The molecular formula is C15H21FN2O4S. The summed E-state index contributed by atoms with van der Waals surface area (Å²) in [5, 5.41) is 2.74. The van der Waals surface area contributed by atoms with Crippen LogP contribution in [0.1, 0.15) is 27.2 Å². The maximum absolute atomic E-state index is 12.4. The minimum absolute atomic E-state index is 0.0583. The van der Waals surface area contributed by atoms with E-state index in [1.54, 1.807) is 4.90 Å². The first-order valence-corrected chi connectivity index (χ1v) is 8.68. The summed E-state index contributed by atoms with van der Waals surface area (Å²) >= 11 is 0. The summed E-state index contributed by atoms with van der Waals surface area (Å²) < 4.78 is 37.3. The van der Waals surface area contributed by atoms with Crippen molar-refractivity contribution < 1.29 is 21.3 Å². The molecule has 0 saturated carbocycles. The number of hydrogen-bond acceptors (Lipinski definition) is 4. The average molecular weight is 344 g/mol. The fourth-order valence-corrected chi connectivity index (χ4v) is 2.89. The summed E-state index contributed by atoms with van der Waals surface area (Å²) in [5.41, 5.74) is 0.540. The van der Waals surface area contributed by atoms with Gasteiger partial charge in [-0.05, 0) is 42.0 Å². The van der Waals surface area contributed by atoms with E-state index in [9.17, 15) is 17.1 Å². The number of likely N-dealkylation sites (tertiary alicyclic amines) is 1. The van der Waals surface area contributed by atoms with Gasteiger partial charge in [0.25, 0.3) is 0 Å². The summed E-state index contributed by atoms with van der Waals surface area (Å²) in [4.78, 5) is 14.1. The molecule has 1 aromatic rings. The molecule has 1 atom stereocenters. The summed E-state index contributed by atoms with van der Waals surface area (Å²) in [6, 6.07) is 5.24. The second-order valence-corrected chi connectivity index (χ2v) is 7.48. The van der Waals surface area contributed by atoms with Crippen LogP contribution in [0.3, 0.4) is 0 Å². The number of carbonyl (C=O) groups excluding carboxylic acids is 1. The number of nitrogens with one attached hydrogen (secondary N) is 1. The predicted molar refractivity (Wildman–Crippen MR) is 85.3 cm³/mol. The number of rotatable bonds is 3. The van der Waals surface area contributed by atoms with Crippen molar-refractivity contribution in [3.05, 3.63) is 24.3 Å². The second-order valence-electron chi connectivity index (χ2n) is 6.53. The molecule has 8 heteroatoms. The lowest BCUT2D eigenvalue weighted by molar-refractivity contribution is 0.0884. The highest BCUT2D eigenvalue weighted by Crippen LogP contribution is 2.34. The van der Waals surface area contributed by atoms with Gasteiger partial charge in [0.2, 0.25) is 0 Å². The average Bonchev–Trinajstić information content (AvgIpc) is 2.42. The lowest BCUT2D eigenvalue weighted by Crippen LogP contribution is -2.48. The van der Waals surface area contributed by atoms with Crippen molar-refractivity contribution in [3.8, 4) is 5.75 Å². The molecule has 1 unspecified atom stereocenters. The van der Waals surface area contributed by atoms with E-state index in [0.29, 0.717) is 24.7 Å². The van der Waals surface area contributed by atoms with E-state index in [2.05, 4.69) is 30.3 Å². The Morgan fingerprint density at radius 1 is 1.35 bits per heavy atom. The molecule has 0 bridgehead atoms. The van der Waals surface area contributed by atoms with E-state index >= 15 is 0 Å². The van der Waals surface area contributed by atoms with Crippen LogP contribution in [-0.2, 0) is 10.5 Å².